The van der Waals surface area contributed by atoms with Gasteiger partial charge in [0.05, 0.1) is 18.8 Å². The van der Waals surface area contributed by atoms with Crippen molar-refractivity contribution in [2.75, 3.05) is 19.9 Å². The lowest BCUT2D eigenvalue weighted by atomic mass is 10.1. The van der Waals surface area contributed by atoms with Gasteiger partial charge in [0.1, 0.15) is 16.6 Å². The van der Waals surface area contributed by atoms with Crippen LogP contribution < -0.4 is 15.4 Å². The van der Waals surface area contributed by atoms with E-state index in [1.54, 1.807) is 11.3 Å². The van der Waals surface area contributed by atoms with Gasteiger partial charge < -0.3 is 20.1 Å². The maximum atomic E-state index is 13.8. The Kier molecular flexibility index (Phi) is 8.90. The third-order valence-electron chi connectivity index (χ3n) is 4.23. The second-order valence-electron chi connectivity index (χ2n) is 6.28. The van der Waals surface area contributed by atoms with Crippen molar-refractivity contribution in [1.82, 2.24) is 15.6 Å². The number of nitrogens with zero attached hydrogens (tertiary/aromatic N) is 2. The van der Waals surface area contributed by atoms with Gasteiger partial charge in [0, 0.05) is 23.5 Å². The van der Waals surface area contributed by atoms with E-state index < -0.39 is 0 Å². The van der Waals surface area contributed by atoms with Crippen molar-refractivity contribution in [1.29, 1.82) is 0 Å². The molecule has 0 aliphatic carbocycles. The highest BCUT2D eigenvalue weighted by molar-refractivity contribution is 14.0. The van der Waals surface area contributed by atoms with Gasteiger partial charge in [0.2, 0.25) is 0 Å². The average molecular weight is 520 g/mol. The topological polar surface area (TPSA) is 67.8 Å². The van der Waals surface area contributed by atoms with Crippen molar-refractivity contribution in [2.45, 2.75) is 40.3 Å². The smallest absolute Gasteiger partial charge is 0.191 e. The number of guanidine groups is 1. The van der Waals surface area contributed by atoms with Gasteiger partial charge >= 0.3 is 0 Å². The largest absolute Gasteiger partial charge is 0.467 e. The Morgan fingerprint density at radius 2 is 2.14 bits per heavy atom. The molecule has 2 heterocycles. The zero-order valence-electron chi connectivity index (χ0n) is 16.3. The molecule has 1 aliphatic heterocycles. The molecular weight excluding hydrogens is 494 g/mol. The predicted octanol–water partition coefficient (Wildman–Crippen LogP) is 3.68. The summed E-state index contributed by atoms with van der Waals surface area (Å²) in [6.45, 7) is 8.58. The minimum atomic E-state index is -0.270. The number of rotatable bonds is 6. The van der Waals surface area contributed by atoms with Crippen molar-refractivity contribution in [2.24, 2.45) is 4.99 Å². The number of hydrogen-bond acceptors (Lipinski definition) is 5. The molecule has 28 heavy (non-hydrogen) atoms. The van der Waals surface area contributed by atoms with Gasteiger partial charge in [-0.2, -0.15) is 0 Å². The van der Waals surface area contributed by atoms with Crippen molar-refractivity contribution in [3.8, 4) is 5.75 Å². The van der Waals surface area contributed by atoms with E-state index in [2.05, 4.69) is 27.5 Å². The maximum absolute atomic E-state index is 13.8. The van der Waals surface area contributed by atoms with Crippen molar-refractivity contribution < 1.29 is 13.9 Å². The molecule has 0 bridgehead atoms. The fourth-order valence-electron chi connectivity index (χ4n) is 2.85. The van der Waals surface area contributed by atoms with E-state index in [-0.39, 0.29) is 36.6 Å². The summed E-state index contributed by atoms with van der Waals surface area (Å²) in [5.74, 6) is 1.19. The Labute approximate surface area is 186 Å². The average Bonchev–Trinajstić information content (AvgIpc) is 2.97. The molecule has 2 N–H and O–H groups in total. The van der Waals surface area contributed by atoms with E-state index in [1.165, 1.54) is 17.0 Å². The Balaban J connectivity index is 0.00000280. The molecule has 1 aromatic heterocycles. The summed E-state index contributed by atoms with van der Waals surface area (Å²) in [7, 11) is 0. The van der Waals surface area contributed by atoms with Crippen LogP contribution in [-0.4, -0.2) is 30.8 Å². The third kappa shape index (κ3) is 6.02. The first kappa shape index (κ1) is 22.8. The Morgan fingerprint density at radius 3 is 2.86 bits per heavy atom. The van der Waals surface area contributed by atoms with Crippen LogP contribution in [0.25, 0.3) is 0 Å². The molecule has 6 nitrogen and oxygen atoms in total. The monoisotopic (exact) mass is 520 g/mol. The van der Waals surface area contributed by atoms with Gasteiger partial charge in [-0.1, -0.05) is 0 Å². The highest BCUT2D eigenvalue weighted by Gasteiger charge is 2.16. The lowest BCUT2D eigenvalue weighted by Crippen LogP contribution is -2.38. The lowest BCUT2D eigenvalue weighted by Gasteiger charge is -2.21. The van der Waals surface area contributed by atoms with Crippen LogP contribution in [-0.2, 0) is 24.3 Å². The molecule has 154 valence electrons. The van der Waals surface area contributed by atoms with Crippen molar-refractivity contribution in [3.05, 3.63) is 44.7 Å². The van der Waals surface area contributed by atoms with Crippen LogP contribution in [0.1, 0.15) is 33.6 Å². The molecule has 0 unspecified atom stereocenters. The van der Waals surface area contributed by atoms with Gasteiger partial charge in [-0.05, 0) is 44.9 Å². The van der Waals surface area contributed by atoms with Gasteiger partial charge in [0.15, 0.2) is 12.8 Å². The van der Waals surface area contributed by atoms with E-state index in [0.717, 1.165) is 40.1 Å². The van der Waals surface area contributed by atoms with Crippen LogP contribution >= 0.6 is 35.3 Å². The molecule has 9 heteroatoms. The number of ether oxygens (including phenoxy) is 2. The number of nitrogens with one attached hydrogen (secondary N) is 2. The highest BCUT2D eigenvalue weighted by atomic mass is 127. The summed E-state index contributed by atoms with van der Waals surface area (Å²) in [5, 5.41) is 7.51. The van der Waals surface area contributed by atoms with Crippen molar-refractivity contribution >= 4 is 41.3 Å². The van der Waals surface area contributed by atoms with Gasteiger partial charge in [0.25, 0.3) is 0 Å². The molecule has 3 rings (SSSR count). The normalized spacial score (nSPS) is 13.4. The Hall–Kier alpha value is -1.46. The molecule has 0 saturated heterocycles. The first-order valence-electron chi connectivity index (χ1n) is 9.03. The number of halogens is 2. The minimum Gasteiger partial charge on any atom is -0.467 e. The standard InChI is InChI=1S/C19H25FN4O2S.HI/c1-4-21-19(23-9-17-24-12(2)13(3)27-17)22-6-5-14-7-16(20)8-15-10-25-11-26-18(14)15;/h7-8H,4-6,9-11H2,1-3H3,(H2,21,22,23);1H. The zero-order valence-corrected chi connectivity index (χ0v) is 19.4. The number of hydrogen-bond donors (Lipinski definition) is 2. The molecule has 2 aromatic rings. The van der Waals surface area contributed by atoms with Crippen LogP contribution in [0.4, 0.5) is 4.39 Å². The van der Waals surface area contributed by atoms with E-state index in [4.69, 9.17) is 9.47 Å². The molecule has 0 fully saturated rings. The molecule has 0 atom stereocenters. The van der Waals surface area contributed by atoms with Gasteiger partial charge in [-0.3, -0.25) is 0 Å². The second kappa shape index (κ2) is 10.9. The molecule has 0 amide bonds. The predicted molar refractivity (Wildman–Crippen MR) is 120 cm³/mol. The zero-order chi connectivity index (χ0) is 19.2. The van der Waals surface area contributed by atoms with Crippen LogP contribution in [0.3, 0.4) is 0 Å². The number of fused-ring (bicyclic) bond motifs is 1. The van der Waals surface area contributed by atoms with Crippen molar-refractivity contribution in [3.63, 3.8) is 0 Å². The quantitative estimate of drug-likeness (QED) is 0.346. The SMILES string of the molecule is CCNC(=NCc1nc(C)c(C)s1)NCCc1cc(F)cc2c1OCOC2.I. The molecule has 0 radical (unpaired) electrons. The van der Waals surface area contributed by atoms with E-state index in [9.17, 15) is 4.39 Å². The van der Waals surface area contributed by atoms with Gasteiger partial charge in [-0.15, -0.1) is 35.3 Å². The first-order chi connectivity index (χ1) is 13.1. The van der Waals surface area contributed by atoms with E-state index >= 15 is 0 Å². The minimum absolute atomic E-state index is 0. The number of aliphatic imine (C=N–C) groups is 1. The first-order valence-corrected chi connectivity index (χ1v) is 9.85. The van der Waals surface area contributed by atoms with Crippen LogP contribution in [0.5, 0.6) is 5.75 Å². The van der Waals surface area contributed by atoms with Crippen LogP contribution in [0, 0.1) is 19.7 Å². The summed E-state index contributed by atoms with van der Waals surface area (Å²) in [6.07, 6.45) is 0.625. The van der Waals surface area contributed by atoms with Crippen LogP contribution in [0.15, 0.2) is 17.1 Å². The number of aryl methyl sites for hydroxylation is 2. The third-order valence-corrected chi connectivity index (χ3v) is 5.29. The molecule has 0 spiro atoms. The van der Waals surface area contributed by atoms with E-state index in [0.29, 0.717) is 26.1 Å². The summed E-state index contributed by atoms with van der Waals surface area (Å²) in [6, 6.07) is 2.99. The van der Waals surface area contributed by atoms with Gasteiger partial charge in [-0.25, -0.2) is 14.4 Å². The lowest BCUT2D eigenvalue weighted by molar-refractivity contribution is -0.0172. The fourth-order valence-corrected chi connectivity index (χ4v) is 3.71. The molecule has 1 aromatic carbocycles. The molecule has 0 saturated carbocycles. The second-order valence-corrected chi connectivity index (χ2v) is 7.57. The summed E-state index contributed by atoms with van der Waals surface area (Å²) >= 11 is 1.67. The number of thiazole rings is 1. The van der Waals surface area contributed by atoms with Crippen LogP contribution in [0.2, 0.25) is 0 Å². The maximum Gasteiger partial charge on any atom is 0.191 e. The Morgan fingerprint density at radius 1 is 1.32 bits per heavy atom. The van der Waals surface area contributed by atoms with E-state index in [1.807, 2.05) is 13.8 Å². The highest BCUT2D eigenvalue weighted by Crippen LogP contribution is 2.29. The fraction of sp³-hybridized carbons (Fsp3) is 0.474. The summed E-state index contributed by atoms with van der Waals surface area (Å²) < 4.78 is 24.6. The Bertz CT molecular complexity index is 809. The number of benzene rings is 1. The molecule has 1 aliphatic rings. The number of aromatic nitrogens is 1. The summed E-state index contributed by atoms with van der Waals surface area (Å²) in [4.78, 5) is 10.3. The molecular formula is C19H26FIN4O2S. The summed E-state index contributed by atoms with van der Waals surface area (Å²) in [5.41, 5.74) is 2.65.